The minimum atomic E-state index is -4.70. The Kier molecular flexibility index (Phi) is 5.92. The largest absolute Gasteiger partial charge is 0.478 e. The maximum absolute atomic E-state index is 12.9. The number of aliphatic carboxylic acids is 1. The molecule has 0 spiro atoms. The van der Waals surface area contributed by atoms with Crippen LogP contribution in [0.3, 0.4) is 0 Å². The van der Waals surface area contributed by atoms with E-state index in [4.69, 9.17) is 9.47 Å². The Morgan fingerprint density at radius 1 is 1.39 bits per heavy atom. The van der Waals surface area contributed by atoms with E-state index in [1.54, 1.807) is 6.92 Å². The van der Waals surface area contributed by atoms with Gasteiger partial charge >= 0.3 is 18.1 Å². The molecule has 2 aromatic heterocycles. The number of carbonyl (C=O) groups excluding carboxylic acids is 2. The Labute approximate surface area is 172 Å². The molecule has 3 atom stereocenters. The molecular weight excluding hydrogens is 427 g/mol. The second-order valence-electron chi connectivity index (χ2n) is 6.60. The molecule has 3 heterocycles. The van der Waals surface area contributed by atoms with E-state index >= 15 is 0 Å². The van der Waals surface area contributed by atoms with Crippen LogP contribution in [0.25, 0.3) is 5.69 Å². The normalized spacial score (nSPS) is 20.4. The van der Waals surface area contributed by atoms with Crippen molar-refractivity contribution in [3.05, 3.63) is 30.2 Å². The van der Waals surface area contributed by atoms with Gasteiger partial charge < -0.3 is 14.6 Å². The first-order valence-corrected chi connectivity index (χ1v) is 8.80. The number of morpholine rings is 1. The standard InChI is InChI=1S/C17H16F3N5O6/c1-8-7-24(15(27)13(30-8)14(16(28)29)31-9(2)26)12-3-4-25(23-12)10-5-11(17(18,19)20)22-21-6-10/h3-6,8,13-14H,7H2,1-2H3,(H,28,29)/t8-,13+,14+/m0/s1. The van der Waals surface area contributed by atoms with Crippen molar-refractivity contribution in [3.63, 3.8) is 0 Å². The van der Waals surface area contributed by atoms with E-state index in [9.17, 15) is 32.7 Å². The molecule has 1 fully saturated rings. The quantitative estimate of drug-likeness (QED) is 0.666. The fourth-order valence-electron chi connectivity index (χ4n) is 2.90. The smallest absolute Gasteiger partial charge is 0.435 e. The molecule has 31 heavy (non-hydrogen) atoms. The van der Waals surface area contributed by atoms with Crippen LogP contribution in [0.15, 0.2) is 24.5 Å². The Morgan fingerprint density at radius 3 is 2.71 bits per heavy atom. The van der Waals surface area contributed by atoms with E-state index in [-0.39, 0.29) is 18.1 Å². The van der Waals surface area contributed by atoms with E-state index in [1.165, 1.54) is 12.3 Å². The average molecular weight is 443 g/mol. The van der Waals surface area contributed by atoms with E-state index in [0.717, 1.165) is 28.8 Å². The van der Waals surface area contributed by atoms with Crippen LogP contribution in [0, 0.1) is 0 Å². The Bertz CT molecular complexity index is 1010. The van der Waals surface area contributed by atoms with Crippen LogP contribution < -0.4 is 4.90 Å². The zero-order chi connectivity index (χ0) is 22.9. The van der Waals surface area contributed by atoms with E-state index < -0.39 is 48.0 Å². The van der Waals surface area contributed by atoms with Gasteiger partial charge in [0.15, 0.2) is 17.6 Å². The number of carbonyl (C=O) groups is 3. The van der Waals surface area contributed by atoms with Crippen LogP contribution in [-0.4, -0.2) is 67.8 Å². The highest BCUT2D eigenvalue weighted by molar-refractivity contribution is 6.00. The predicted octanol–water partition coefficient (Wildman–Crippen LogP) is 0.818. The van der Waals surface area contributed by atoms with Crippen LogP contribution >= 0.6 is 0 Å². The fourth-order valence-corrected chi connectivity index (χ4v) is 2.90. The van der Waals surface area contributed by atoms with Gasteiger partial charge in [0, 0.05) is 19.2 Å². The number of alkyl halides is 3. The highest BCUT2D eigenvalue weighted by atomic mass is 19.4. The molecule has 0 radical (unpaired) electrons. The number of hydrogen-bond donors (Lipinski definition) is 1. The topological polar surface area (TPSA) is 137 Å². The number of hydrogen-bond acceptors (Lipinski definition) is 8. The summed E-state index contributed by atoms with van der Waals surface area (Å²) in [6.07, 6.45) is -6.50. The molecule has 0 saturated carbocycles. The molecule has 11 nitrogen and oxygen atoms in total. The summed E-state index contributed by atoms with van der Waals surface area (Å²) >= 11 is 0. The maximum Gasteiger partial charge on any atom is 0.435 e. The summed E-state index contributed by atoms with van der Waals surface area (Å²) in [5.74, 6) is -3.29. The zero-order valence-electron chi connectivity index (χ0n) is 16.1. The number of aromatic nitrogens is 4. The van der Waals surface area contributed by atoms with Crippen molar-refractivity contribution in [2.45, 2.75) is 38.3 Å². The third-order valence-electron chi connectivity index (χ3n) is 4.19. The minimum Gasteiger partial charge on any atom is -0.478 e. The zero-order valence-corrected chi connectivity index (χ0v) is 16.1. The highest BCUT2D eigenvalue weighted by Crippen LogP contribution is 2.28. The Morgan fingerprint density at radius 2 is 2.10 bits per heavy atom. The van der Waals surface area contributed by atoms with E-state index in [2.05, 4.69) is 15.3 Å². The third-order valence-corrected chi connectivity index (χ3v) is 4.19. The first-order valence-electron chi connectivity index (χ1n) is 8.80. The van der Waals surface area contributed by atoms with Gasteiger partial charge in [0.05, 0.1) is 24.5 Å². The predicted molar refractivity (Wildman–Crippen MR) is 94.0 cm³/mol. The Hall–Kier alpha value is -3.55. The van der Waals surface area contributed by atoms with Gasteiger partial charge in [-0.3, -0.25) is 14.5 Å². The lowest BCUT2D eigenvalue weighted by atomic mass is 10.1. The molecule has 0 unspecified atom stereocenters. The van der Waals surface area contributed by atoms with Gasteiger partial charge in [0.2, 0.25) is 6.10 Å². The monoisotopic (exact) mass is 443 g/mol. The van der Waals surface area contributed by atoms with Gasteiger partial charge in [0.25, 0.3) is 5.91 Å². The molecule has 0 aromatic carbocycles. The molecule has 1 amide bonds. The average Bonchev–Trinajstić information content (AvgIpc) is 3.17. The van der Waals surface area contributed by atoms with E-state index in [1.807, 2.05) is 0 Å². The lowest BCUT2D eigenvalue weighted by Gasteiger charge is -2.36. The summed E-state index contributed by atoms with van der Waals surface area (Å²) in [6.45, 7) is 2.55. The number of halogens is 3. The van der Waals surface area contributed by atoms with Crippen LogP contribution in [0.1, 0.15) is 19.5 Å². The van der Waals surface area contributed by atoms with E-state index in [0.29, 0.717) is 0 Å². The number of amides is 1. The van der Waals surface area contributed by atoms with Crippen molar-refractivity contribution in [2.24, 2.45) is 0 Å². The Balaban J connectivity index is 1.89. The number of nitrogens with zero attached hydrogens (tertiary/aromatic N) is 5. The fraction of sp³-hybridized carbons (Fsp3) is 0.412. The molecule has 2 aromatic rings. The van der Waals surface area contributed by atoms with Gasteiger partial charge in [0.1, 0.15) is 0 Å². The number of rotatable bonds is 5. The van der Waals surface area contributed by atoms with Gasteiger partial charge in [-0.25, -0.2) is 9.48 Å². The first-order chi connectivity index (χ1) is 14.5. The summed E-state index contributed by atoms with van der Waals surface area (Å²) in [7, 11) is 0. The number of esters is 1. The molecule has 1 aliphatic rings. The number of carboxylic acid groups (broad SMARTS) is 1. The highest BCUT2D eigenvalue weighted by Gasteiger charge is 2.45. The van der Waals surface area contributed by atoms with Gasteiger partial charge in [-0.15, -0.1) is 10.2 Å². The third kappa shape index (κ3) is 4.79. The SMILES string of the molecule is CC(=O)O[C@@H](C(=O)O)[C@H]1O[C@@H](C)CN(c2ccn(-c3cnnc(C(F)(F)F)c3)n2)C1=O. The first kappa shape index (κ1) is 22.1. The van der Waals surface area contributed by atoms with Crippen molar-refractivity contribution < 1.29 is 42.1 Å². The summed E-state index contributed by atoms with van der Waals surface area (Å²) < 4.78 is 49.8. The molecule has 14 heteroatoms. The summed E-state index contributed by atoms with van der Waals surface area (Å²) in [5, 5.41) is 19.8. The van der Waals surface area contributed by atoms with Gasteiger partial charge in [-0.2, -0.15) is 18.3 Å². The lowest BCUT2D eigenvalue weighted by Crippen LogP contribution is -2.58. The molecular formula is C17H16F3N5O6. The van der Waals surface area contributed by atoms with Gasteiger partial charge in [-0.1, -0.05) is 0 Å². The summed E-state index contributed by atoms with van der Waals surface area (Å²) in [5.41, 5.74) is -1.27. The molecule has 0 aliphatic carbocycles. The van der Waals surface area contributed by atoms with Crippen LogP contribution in [0.2, 0.25) is 0 Å². The lowest BCUT2D eigenvalue weighted by molar-refractivity contribution is -0.181. The van der Waals surface area contributed by atoms with Crippen LogP contribution in [-0.2, 0) is 30.0 Å². The minimum absolute atomic E-state index is 0.0127. The molecule has 3 rings (SSSR count). The van der Waals surface area contributed by atoms with Gasteiger partial charge in [-0.05, 0) is 13.0 Å². The molecule has 0 bridgehead atoms. The van der Waals surface area contributed by atoms with Crippen molar-refractivity contribution >= 4 is 23.7 Å². The van der Waals surface area contributed by atoms with Crippen molar-refractivity contribution in [1.29, 1.82) is 0 Å². The van der Waals surface area contributed by atoms with Crippen LogP contribution in [0.5, 0.6) is 0 Å². The summed E-state index contributed by atoms with van der Waals surface area (Å²) in [4.78, 5) is 36.7. The molecule has 1 saturated heterocycles. The van der Waals surface area contributed by atoms with Crippen molar-refractivity contribution in [3.8, 4) is 5.69 Å². The molecule has 1 N–H and O–H groups in total. The number of ether oxygens (including phenoxy) is 2. The maximum atomic E-state index is 12.9. The van der Waals surface area contributed by atoms with Crippen molar-refractivity contribution in [1.82, 2.24) is 20.0 Å². The number of anilines is 1. The summed E-state index contributed by atoms with van der Waals surface area (Å²) in [6, 6.07) is 2.08. The second kappa shape index (κ2) is 8.29. The molecule has 1 aliphatic heterocycles. The number of carboxylic acids is 1. The van der Waals surface area contributed by atoms with Crippen LogP contribution in [0.4, 0.5) is 19.0 Å². The molecule has 166 valence electrons. The second-order valence-corrected chi connectivity index (χ2v) is 6.60. The van der Waals surface area contributed by atoms with Crippen molar-refractivity contribution in [2.75, 3.05) is 11.4 Å².